The molecule has 104 valence electrons. The average molecular weight is 269 g/mol. The maximum atomic E-state index is 4.30. The van der Waals surface area contributed by atoms with Crippen molar-refractivity contribution in [2.75, 3.05) is 25.9 Å². The van der Waals surface area contributed by atoms with Gasteiger partial charge in [-0.2, -0.15) is 11.8 Å². The Labute approximate surface area is 116 Å². The van der Waals surface area contributed by atoms with Gasteiger partial charge in [0.1, 0.15) is 0 Å². The fraction of sp³-hybridized carbons (Fsp3) is 0.929. The summed E-state index contributed by atoms with van der Waals surface area (Å²) in [6.45, 7) is 4.44. The number of rotatable bonds is 6. The molecule has 1 saturated carbocycles. The number of thioether (sulfide) groups is 1. The van der Waals surface area contributed by atoms with E-state index in [-0.39, 0.29) is 0 Å². The SMILES string of the molecule is CN=C(NCCCC1CC1)NCC1(C)CCCS1. The molecule has 1 aliphatic carbocycles. The Morgan fingerprint density at radius 1 is 1.39 bits per heavy atom. The molecule has 2 fully saturated rings. The molecule has 2 aliphatic rings. The van der Waals surface area contributed by atoms with Gasteiger partial charge in [-0.1, -0.05) is 12.8 Å². The first-order valence-corrected chi connectivity index (χ1v) is 8.29. The molecule has 0 bridgehead atoms. The lowest BCUT2D eigenvalue weighted by Crippen LogP contribution is -2.43. The Morgan fingerprint density at radius 3 is 2.83 bits per heavy atom. The summed E-state index contributed by atoms with van der Waals surface area (Å²) in [5, 5.41) is 6.90. The quantitative estimate of drug-likeness (QED) is 0.442. The average Bonchev–Trinajstić information content (AvgIpc) is 3.10. The van der Waals surface area contributed by atoms with Crippen LogP contribution in [-0.4, -0.2) is 36.6 Å². The van der Waals surface area contributed by atoms with E-state index in [1.165, 1.54) is 44.3 Å². The van der Waals surface area contributed by atoms with E-state index in [0.29, 0.717) is 4.75 Å². The first-order chi connectivity index (χ1) is 8.72. The van der Waals surface area contributed by atoms with Gasteiger partial charge in [0.2, 0.25) is 0 Å². The molecular weight excluding hydrogens is 242 g/mol. The van der Waals surface area contributed by atoms with Crippen molar-refractivity contribution in [3.05, 3.63) is 0 Å². The van der Waals surface area contributed by atoms with Gasteiger partial charge in [0, 0.05) is 24.9 Å². The summed E-state index contributed by atoms with van der Waals surface area (Å²) < 4.78 is 0.408. The standard InChI is InChI=1S/C14H27N3S/c1-14(8-4-10-18-14)11-17-13(15-2)16-9-3-5-12-6-7-12/h12H,3-11H2,1-2H3,(H2,15,16,17). The van der Waals surface area contributed by atoms with Crippen LogP contribution in [0.1, 0.15) is 45.4 Å². The molecule has 0 radical (unpaired) electrons. The third-order valence-corrected chi connectivity index (χ3v) is 5.47. The zero-order chi connectivity index (χ0) is 12.8. The third-order valence-electron chi connectivity index (χ3n) is 3.93. The Hall–Kier alpha value is -0.380. The predicted octanol–water partition coefficient (Wildman–Crippen LogP) is 2.63. The van der Waals surface area contributed by atoms with Gasteiger partial charge in [-0.25, -0.2) is 0 Å². The van der Waals surface area contributed by atoms with Gasteiger partial charge in [-0.15, -0.1) is 0 Å². The molecule has 2 N–H and O–H groups in total. The van der Waals surface area contributed by atoms with Crippen LogP contribution in [0.2, 0.25) is 0 Å². The van der Waals surface area contributed by atoms with E-state index >= 15 is 0 Å². The number of nitrogens with zero attached hydrogens (tertiary/aromatic N) is 1. The molecule has 0 spiro atoms. The molecule has 1 aliphatic heterocycles. The highest BCUT2D eigenvalue weighted by molar-refractivity contribution is 8.00. The van der Waals surface area contributed by atoms with Crippen LogP contribution in [0.3, 0.4) is 0 Å². The monoisotopic (exact) mass is 269 g/mol. The largest absolute Gasteiger partial charge is 0.356 e. The van der Waals surface area contributed by atoms with Crippen LogP contribution in [0.4, 0.5) is 0 Å². The second-order valence-corrected chi connectivity index (χ2v) is 7.52. The molecule has 18 heavy (non-hydrogen) atoms. The van der Waals surface area contributed by atoms with Gasteiger partial charge < -0.3 is 10.6 Å². The highest BCUT2D eigenvalue weighted by atomic mass is 32.2. The van der Waals surface area contributed by atoms with Gasteiger partial charge in [0.05, 0.1) is 0 Å². The molecule has 2 rings (SSSR count). The van der Waals surface area contributed by atoms with E-state index in [9.17, 15) is 0 Å². The zero-order valence-electron chi connectivity index (χ0n) is 11.8. The maximum absolute atomic E-state index is 4.30. The number of nitrogens with one attached hydrogen (secondary N) is 2. The second kappa shape index (κ2) is 6.69. The Balaban J connectivity index is 1.59. The number of hydrogen-bond acceptors (Lipinski definition) is 2. The maximum Gasteiger partial charge on any atom is 0.191 e. The van der Waals surface area contributed by atoms with E-state index < -0.39 is 0 Å². The fourth-order valence-electron chi connectivity index (χ4n) is 2.47. The number of aliphatic imine (C=N–C) groups is 1. The molecule has 4 heteroatoms. The van der Waals surface area contributed by atoms with Crippen LogP contribution in [0.5, 0.6) is 0 Å². The Bertz CT molecular complexity index is 281. The normalized spacial score (nSPS) is 28.4. The van der Waals surface area contributed by atoms with Gasteiger partial charge in [0.15, 0.2) is 5.96 Å². The van der Waals surface area contributed by atoms with Crippen LogP contribution in [-0.2, 0) is 0 Å². The van der Waals surface area contributed by atoms with Crippen LogP contribution >= 0.6 is 11.8 Å². The van der Waals surface area contributed by atoms with Gasteiger partial charge >= 0.3 is 0 Å². The molecule has 0 amide bonds. The van der Waals surface area contributed by atoms with Crippen molar-refractivity contribution in [1.82, 2.24) is 10.6 Å². The zero-order valence-corrected chi connectivity index (χ0v) is 12.6. The lowest BCUT2D eigenvalue weighted by atomic mass is 10.1. The van der Waals surface area contributed by atoms with Crippen LogP contribution in [0.15, 0.2) is 4.99 Å². The summed E-state index contributed by atoms with van der Waals surface area (Å²) in [4.78, 5) is 4.30. The lowest BCUT2D eigenvalue weighted by molar-refractivity contribution is 0.581. The van der Waals surface area contributed by atoms with Gasteiger partial charge in [0.25, 0.3) is 0 Å². The predicted molar refractivity (Wildman–Crippen MR) is 81.4 cm³/mol. The molecule has 1 saturated heterocycles. The molecule has 0 aromatic carbocycles. The van der Waals surface area contributed by atoms with Crippen LogP contribution in [0.25, 0.3) is 0 Å². The number of guanidine groups is 1. The Morgan fingerprint density at radius 2 is 2.22 bits per heavy atom. The summed E-state index contributed by atoms with van der Waals surface area (Å²) in [5.74, 6) is 3.32. The fourth-order valence-corrected chi connectivity index (χ4v) is 3.72. The summed E-state index contributed by atoms with van der Waals surface area (Å²) in [6.07, 6.45) is 8.26. The second-order valence-electron chi connectivity index (χ2n) is 5.84. The van der Waals surface area contributed by atoms with E-state index in [1.807, 2.05) is 7.05 Å². The van der Waals surface area contributed by atoms with Crippen molar-refractivity contribution >= 4 is 17.7 Å². The molecule has 1 atom stereocenters. The van der Waals surface area contributed by atoms with E-state index in [4.69, 9.17) is 0 Å². The van der Waals surface area contributed by atoms with Crippen molar-refractivity contribution in [3.8, 4) is 0 Å². The van der Waals surface area contributed by atoms with E-state index in [0.717, 1.165) is 25.0 Å². The molecule has 0 aromatic heterocycles. The van der Waals surface area contributed by atoms with E-state index in [1.54, 1.807) is 0 Å². The summed E-state index contributed by atoms with van der Waals surface area (Å²) in [6, 6.07) is 0. The third kappa shape index (κ3) is 4.71. The summed E-state index contributed by atoms with van der Waals surface area (Å²) in [5.41, 5.74) is 0. The van der Waals surface area contributed by atoms with Crippen molar-refractivity contribution < 1.29 is 0 Å². The van der Waals surface area contributed by atoms with Crippen molar-refractivity contribution in [3.63, 3.8) is 0 Å². The molecular formula is C14H27N3S. The smallest absolute Gasteiger partial charge is 0.191 e. The van der Waals surface area contributed by atoms with Crippen molar-refractivity contribution in [2.24, 2.45) is 10.9 Å². The van der Waals surface area contributed by atoms with Gasteiger partial charge in [-0.05, 0) is 44.3 Å². The molecule has 1 unspecified atom stereocenters. The highest BCUT2D eigenvalue weighted by Gasteiger charge is 2.29. The van der Waals surface area contributed by atoms with Crippen molar-refractivity contribution in [1.29, 1.82) is 0 Å². The van der Waals surface area contributed by atoms with E-state index in [2.05, 4.69) is 34.3 Å². The lowest BCUT2D eigenvalue weighted by Gasteiger charge is -2.24. The topological polar surface area (TPSA) is 36.4 Å². The summed E-state index contributed by atoms with van der Waals surface area (Å²) >= 11 is 2.09. The van der Waals surface area contributed by atoms with Crippen molar-refractivity contribution in [2.45, 2.75) is 50.2 Å². The van der Waals surface area contributed by atoms with Gasteiger partial charge in [-0.3, -0.25) is 4.99 Å². The van der Waals surface area contributed by atoms with Crippen LogP contribution < -0.4 is 10.6 Å². The molecule has 3 nitrogen and oxygen atoms in total. The number of hydrogen-bond donors (Lipinski definition) is 2. The molecule has 0 aromatic rings. The first kappa shape index (κ1) is 14.0. The first-order valence-electron chi connectivity index (χ1n) is 7.30. The summed E-state index contributed by atoms with van der Waals surface area (Å²) in [7, 11) is 1.86. The minimum absolute atomic E-state index is 0.408. The molecule has 1 heterocycles. The minimum Gasteiger partial charge on any atom is -0.356 e. The highest BCUT2D eigenvalue weighted by Crippen LogP contribution is 2.36. The Kier molecular flexibility index (Phi) is 5.22. The minimum atomic E-state index is 0.408. The van der Waals surface area contributed by atoms with Crippen LogP contribution in [0, 0.1) is 5.92 Å².